The summed E-state index contributed by atoms with van der Waals surface area (Å²) in [5.74, 6) is 0.179. The number of amides is 1. The second-order valence-corrected chi connectivity index (χ2v) is 10.9. The molecule has 0 radical (unpaired) electrons. The monoisotopic (exact) mass is 420 g/mol. The molecule has 28 heavy (non-hydrogen) atoms. The molecule has 1 saturated heterocycles. The number of thiophene rings is 1. The number of hydrogen-bond acceptors (Lipinski definition) is 4. The van der Waals surface area contributed by atoms with Crippen molar-refractivity contribution in [3.05, 3.63) is 46.3 Å². The van der Waals surface area contributed by atoms with Crippen LogP contribution in [0.3, 0.4) is 0 Å². The highest BCUT2D eigenvalue weighted by atomic mass is 32.2. The molecule has 0 spiro atoms. The van der Waals surface area contributed by atoms with Gasteiger partial charge in [0.1, 0.15) is 4.21 Å². The number of rotatable bonds is 6. The molecular weight excluding hydrogens is 392 g/mol. The van der Waals surface area contributed by atoms with Crippen LogP contribution in [0.1, 0.15) is 55.0 Å². The van der Waals surface area contributed by atoms with E-state index in [4.69, 9.17) is 0 Å². The Kier molecular flexibility index (Phi) is 6.58. The van der Waals surface area contributed by atoms with Gasteiger partial charge in [0.2, 0.25) is 5.91 Å². The van der Waals surface area contributed by atoms with E-state index < -0.39 is 10.0 Å². The highest BCUT2D eigenvalue weighted by Crippen LogP contribution is 2.29. The molecule has 0 saturated carbocycles. The smallest absolute Gasteiger partial charge is 0.252 e. The van der Waals surface area contributed by atoms with Crippen molar-refractivity contribution >= 4 is 33.0 Å². The number of anilines is 1. The molecule has 152 valence electrons. The van der Waals surface area contributed by atoms with E-state index in [2.05, 4.69) is 19.2 Å². The largest absolute Gasteiger partial charge is 0.325 e. The summed E-state index contributed by atoms with van der Waals surface area (Å²) in [6, 6.07) is 9.39. The number of benzene rings is 1. The molecule has 5 nitrogen and oxygen atoms in total. The average Bonchev–Trinajstić information content (AvgIpc) is 3.13. The molecule has 1 amide bonds. The first-order valence-corrected chi connectivity index (χ1v) is 12.0. The standard InChI is InChI=1S/C21H28N2O3S2/c1-15(2)18-9-7-8-16(3)21(18)22-19(24)14-17-10-11-20(27-17)28(25,26)23-12-5-4-6-13-23/h7-11,15H,4-6,12-14H2,1-3H3,(H,22,24). The molecule has 0 aliphatic carbocycles. The van der Waals surface area contributed by atoms with E-state index in [1.807, 2.05) is 25.1 Å². The number of nitrogens with one attached hydrogen (secondary N) is 1. The lowest BCUT2D eigenvalue weighted by atomic mass is 9.98. The number of hydrogen-bond donors (Lipinski definition) is 1. The van der Waals surface area contributed by atoms with Crippen molar-refractivity contribution in [3.8, 4) is 0 Å². The molecule has 7 heteroatoms. The van der Waals surface area contributed by atoms with Gasteiger partial charge in [0.05, 0.1) is 6.42 Å². The highest BCUT2D eigenvalue weighted by molar-refractivity contribution is 7.91. The SMILES string of the molecule is Cc1cccc(C(C)C)c1NC(=O)Cc1ccc(S(=O)(=O)N2CCCCC2)s1. The fraction of sp³-hybridized carbons (Fsp3) is 0.476. The summed E-state index contributed by atoms with van der Waals surface area (Å²) >= 11 is 1.20. The van der Waals surface area contributed by atoms with Crippen LogP contribution in [-0.2, 0) is 21.2 Å². The molecule has 1 aromatic heterocycles. The van der Waals surface area contributed by atoms with Crippen molar-refractivity contribution in [3.63, 3.8) is 0 Å². The van der Waals surface area contributed by atoms with Crippen LogP contribution in [0.15, 0.2) is 34.5 Å². The van der Waals surface area contributed by atoms with Crippen molar-refractivity contribution in [2.24, 2.45) is 0 Å². The van der Waals surface area contributed by atoms with Crippen LogP contribution in [0, 0.1) is 6.92 Å². The predicted octanol–water partition coefficient (Wildman–Crippen LogP) is 4.54. The Labute approximate surface area is 171 Å². The van der Waals surface area contributed by atoms with Gasteiger partial charge in [-0.05, 0) is 48.9 Å². The average molecular weight is 421 g/mol. The Balaban J connectivity index is 1.71. The zero-order valence-corrected chi connectivity index (χ0v) is 18.3. The molecule has 2 heterocycles. The van der Waals surface area contributed by atoms with Crippen LogP contribution in [0.4, 0.5) is 5.69 Å². The first-order valence-electron chi connectivity index (χ1n) is 9.77. The summed E-state index contributed by atoms with van der Waals surface area (Å²) in [7, 11) is -3.44. The second kappa shape index (κ2) is 8.76. The molecule has 0 atom stereocenters. The molecular formula is C21H28N2O3S2. The van der Waals surface area contributed by atoms with Gasteiger partial charge in [0.25, 0.3) is 10.0 Å². The lowest BCUT2D eigenvalue weighted by Gasteiger charge is -2.25. The lowest BCUT2D eigenvalue weighted by molar-refractivity contribution is -0.115. The van der Waals surface area contributed by atoms with E-state index in [0.29, 0.717) is 23.2 Å². The molecule has 3 rings (SSSR count). The van der Waals surface area contributed by atoms with Crippen LogP contribution < -0.4 is 5.32 Å². The molecule has 1 aliphatic rings. The van der Waals surface area contributed by atoms with Gasteiger partial charge in [-0.1, -0.05) is 38.5 Å². The van der Waals surface area contributed by atoms with Crippen molar-refractivity contribution in [1.82, 2.24) is 4.31 Å². The fourth-order valence-electron chi connectivity index (χ4n) is 3.51. The Morgan fingerprint density at radius 1 is 1.14 bits per heavy atom. The van der Waals surface area contributed by atoms with Crippen LogP contribution in [-0.4, -0.2) is 31.7 Å². The zero-order valence-electron chi connectivity index (χ0n) is 16.7. The van der Waals surface area contributed by atoms with E-state index in [1.54, 1.807) is 16.4 Å². The summed E-state index contributed by atoms with van der Waals surface area (Å²) < 4.78 is 27.4. The van der Waals surface area contributed by atoms with Gasteiger partial charge in [-0.3, -0.25) is 4.79 Å². The summed E-state index contributed by atoms with van der Waals surface area (Å²) in [4.78, 5) is 13.4. The Morgan fingerprint density at radius 2 is 1.86 bits per heavy atom. The summed E-state index contributed by atoms with van der Waals surface area (Å²) in [5.41, 5.74) is 2.99. The van der Waals surface area contributed by atoms with Gasteiger partial charge in [0, 0.05) is 23.7 Å². The number of aryl methyl sites for hydroxylation is 1. The summed E-state index contributed by atoms with van der Waals surface area (Å²) in [5, 5.41) is 3.03. The molecule has 1 N–H and O–H groups in total. The second-order valence-electron chi connectivity index (χ2n) is 7.60. The topological polar surface area (TPSA) is 66.5 Å². The minimum Gasteiger partial charge on any atom is -0.325 e. The first-order chi connectivity index (χ1) is 13.3. The van der Waals surface area contributed by atoms with Crippen LogP contribution in [0.2, 0.25) is 0 Å². The number of carbonyl (C=O) groups excluding carboxylic acids is 1. The summed E-state index contributed by atoms with van der Waals surface area (Å²) in [6.07, 6.45) is 3.08. The molecule has 0 unspecified atom stereocenters. The normalized spacial score (nSPS) is 15.7. The van der Waals surface area contributed by atoms with Gasteiger partial charge in [0.15, 0.2) is 0 Å². The van der Waals surface area contributed by atoms with Gasteiger partial charge in [-0.25, -0.2) is 8.42 Å². The number of sulfonamides is 1. The third-order valence-corrected chi connectivity index (χ3v) is 8.52. The predicted molar refractivity (Wildman–Crippen MR) is 115 cm³/mol. The fourth-order valence-corrected chi connectivity index (χ4v) is 6.53. The van der Waals surface area contributed by atoms with E-state index in [9.17, 15) is 13.2 Å². The lowest BCUT2D eigenvalue weighted by Crippen LogP contribution is -2.35. The van der Waals surface area contributed by atoms with E-state index in [1.165, 1.54) is 11.3 Å². The Hall–Kier alpha value is -1.70. The third kappa shape index (κ3) is 4.64. The minimum absolute atomic E-state index is 0.125. The third-order valence-electron chi connectivity index (χ3n) is 5.07. The summed E-state index contributed by atoms with van der Waals surface area (Å²) in [6.45, 7) is 7.35. The molecule has 0 bridgehead atoms. The van der Waals surface area contributed by atoms with Crippen molar-refractivity contribution in [1.29, 1.82) is 0 Å². The van der Waals surface area contributed by atoms with Gasteiger partial charge < -0.3 is 5.32 Å². The maximum absolute atomic E-state index is 12.8. The highest BCUT2D eigenvalue weighted by Gasteiger charge is 2.27. The Bertz CT molecular complexity index is 942. The van der Waals surface area contributed by atoms with Gasteiger partial charge in [-0.15, -0.1) is 11.3 Å². The van der Waals surface area contributed by atoms with Gasteiger partial charge in [-0.2, -0.15) is 4.31 Å². The zero-order chi connectivity index (χ0) is 20.3. The van der Waals surface area contributed by atoms with E-state index in [-0.39, 0.29) is 12.3 Å². The first kappa shape index (κ1) is 21.0. The maximum Gasteiger partial charge on any atom is 0.252 e. The quantitative estimate of drug-likeness (QED) is 0.746. The van der Waals surface area contributed by atoms with Crippen LogP contribution in [0.5, 0.6) is 0 Å². The molecule has 1 aromatic carbocycles. The number of piperidine rings is 1. The van der Waals surface area contributed by atoms with E-state index in [0.717, 1.165) is 41.0 Å². The minimum atomic E-state index is -3.44. The van der Waals surface area contributed by atoms with Crippen molar-refractivity contribution in [2.45, 2.75) is 56.6 Å². The molecule has 2 aromatic rings. The van der Waals surface area contributed by atoms with E-state index >= 15 is 0 Å². The number of nitrogens with zero attached hydrogens (tertiary/aromatic N) is 1. The van der Waals surface area contributed by atoms with Crippen molar-refractivity contribution in [2.75, 3.05) is 18.4 Å². The van der Waals surface area contributed by atoms with Crippen LogP contribution in [0.25, 0.3) is 0 Å². The molecule has 1 aliphatic heterocycles. The Morgan fingerprint density at radius 3 is 2.54 bits per heavy atom. The molecule has 1 fully saturated rings. The van der Waals surface area contributed by atoms with Crippen molar-refractivity contribution < 1.29 is 13.2 Å². The van der Waals surface area contributed by atoms with Gasteiger partial charge >= 0.3 is 0 Å². The maximum atomic E-state index is 12.8. The number of carbonyl (C=O) groups is 1. The number of para-hydroxylation sites is 1. The van der Waals surface area contributed by atoms with Crippen LogP contribution >= 0.6 is 11.3 Å².